The minimum atomic E-state index is -2.86. The van der Waals surface area contributed by atoms with Crippen molar-refractivity contribution < 1.29 is 13.6 Å². The van der Waals surface area contributed by atoms with Crippen LogP contribution in [0.25, 0.3) is 0 Å². The number of hydrogen-bond acceptors (Lipinski definition) is 1. The summed E-state index contributed by atoms with van der Waals surface area (Å²) in [6, 6.07) is 0. The Balaban J connectivity index is 2.45. The Morgan fingerprint density at radius 3 is 2.67 bits per heavy atom. The summed E-state index contributed by atoms with van der Waals surface area (Å²) in [6.45, 7) is 3.47. The van der Waals surface area contributed by atoms with Crippen LogP contribution >= 0.6 is 0 Å². The Hall–Kier alpha value is -0.990. The topological polar surface area (TPSA) is 17.1 Å². The molecule has 15 heavy (non-hydrogen) atoms. The smallest absolute Gasteiger partial charge is 0.262 e. The van der Waals surface area contributed by atoms with E-state index in [4.69, 9.17) is 0 Å². The van der Waals surface area contributed by atoms with E-state index >= 15 is 0 Å². The molecule has 0 amide bonds. The van der Waals surface area contributed by atoms with Gasteiger partial charge in [0.05, 0.1) is 5.92 Å². The third kappa shape index (κ3) is 1.54. The molecule has 0 saturated carbocycles. The van der Waals surface area contributed by atoms with Gasteiger partial charge < -0.3 is 0 Å². The van der Waals surface area contributed by atoms with E-state index in [0.717, 1.165) is 5.57 Å². The largest absolute Gasteiger partial charge is 0.294 e. The first kappa shape index (κ1) is 10.5. The normalized spacial score (nSPS) is 34.3. The zero-order valence-electron chi connectivity index (χ0n) is 8.89. The number of alkyl halides is 2. The van der Waals surface area contributed by atoms with Gasteiger partial charge in [0.15, 0.2) is 5.78 Å². The van der Waals surface area contributed by atoms with Gasteiger partial charge in [0.1, 0.15) is 0 Å². The van der Waals surface area contributed by atoms with E-state index in [2.05, 4.69) is 0 Å². The van der Waals surface area contributed by atoms with Crippen LogP contribution in [0.1, 0.15) is 26.7 Å². The van der Waals surface area contributed by atoms with Gasteiger partial charge in [-0.1, -0.05) is 17.7 Å². The van der Waals surface area contributed by atoms with E-state index < -0.39 is 11.8 Å². The molecule has 0 aromatic rings. The predicted molar refractivity (Wildman–Crippen MR) is 53.7 cm³/mol. The van der Waals surface area contributed by atoms with Crippen LogP contribution in [0, 0.1) is 11.8 Å². The van der Waals surface area contributed by atoms with Crippen molar-refractivity contribution in [3.8, 4) is 0 Å². The van der Waals surface area contributed by atoms with Gasteiger partial charge in [-0.25, -0.2) is 8.78 Å². The monoisotopic (exact) mass is 212 g/mol. The molecule has 0 aromatic carbocycles. The number of hydrogen-bond donors (Lipinski definition) is 0. The van der Waals surface area contributed by atoms with E-state index in [1.165, 1.54) is 0 Å². The molecular weight excluding hydrogens is 198 g/mol. The molecule has 2 rings (SSSR count). The molecule has 0 fully saturated rings. The number of halogens is 2. The average molecular weight is 212 g/mol. The number of allylic oxidation sites excluding steroid dienone is 4. The van der Waals surface area contributed by atoms with Gasteiger partial charge in [-0.2, -0.15) is 0 Å². The van der Waals surface area contributed by atoms with Gasteiger partial charge in [-0.05, 0) is 31.8 Å². The summed E-state index contributed by atoms with van der Waals surface area (Å²) < 4.78 is 27.3. The summed E-state index contributed by atoms with van der Waals surface area (Å²) in [5, 5.41) is 0. The summed E-state index contributed by atoms with van der Waals surface area (Å²) in [5.41, 5.74) is 1.42. The zero-order valence-corrected chi connectivity index (χ0v) is 8.89. The minimum absolute atomic E-state index is 0.287. The molecule has 3 heteroatoms. The summed E-state index contributed by atoms with van der Waals surface area (Å²) in [4.78, 5) is 11.7. The average Bonchev–Trinajstić information content (AvgIpc) is 2.16. The Bertz CT molecular complexity index is 366. The maximum atomic E-state index is 13.6. The molecule has 2 atom stereocenters. The lowest BCUT2D eigenvalue weighted by Gasteiger charge is -2.38. The number of Topliss-reactive ketones (excluding diaryl/α,β-unsaturated/α-hetero) is 1. The maximum absolute atomic E-state index is 13.6. The molecule has 0 unspecified atom stereocenters. The number of ketones is 1. The highest BCUT2D eigenvalue weighted by Crippen LogP contribution is 2.46. The first-order chi connectivity index (χ1) is 6.93. The van der Waals surface area contributed by atoms with Crippen LogP contribution in [-0.4, -0.2) is 11.7 Å². The molecule has 0 saturated heterocycles. The quantitative estimate of drug-likeness (QED) is 0.564. The van der Waals surface area contributed by atoms with Crippen molar-refractivity contribution >= 4 is 5.78 Å². The second-order valence-corrected chi connectivity index (χ2v) is 4.48. The number of carbonyl (C=O) groups excluding carboxylic acids is 1. The molecule has 0 aromatic heterocycles. The Morgan fingerprint density at radius 1 is 1.33 bits per heavy atom. The molecule has 0 bridgehead atoms. The van der Waals surface area contributed by atoms with Crippen molar-refractivity contribution in [2.45, 2.75) is 32.6 Å². The third-order valence-corrected chi connectivity index (χ3v) is 3.49. The lowest BCUT2D eigenvalue weighted by Crippen LogP contribution is -2.44. The maximum Gasteiger partial charge on any atom is 0.262 e. The van der Waals surface area contributed by atoms with Crippen LogP contribution in [0.4, 0.5) is 8.78 Å². The Labute approximate surface area is 87.9 Å². The highest BCUT2D eigenvalue weighted by Gasteiger charge is 2.51. The minimum Gasteiger partial charge on any atom is -0.294 e. The van der Waals surface area contributed by atoms with Crippen molar-refractivity contribution in [3.63, 3.8) is 0 Å². The van der Waals surface area contributed by atoms with Crippen LogP contribution in [0.3, 0.4) is 0 Å². The van der Waals surface area contributed by atoms with Crippen LogP contribution in [0.2, 0.25) is 0 Å². The van der Waals surface area contributed by atoms with E-state index in [1.807, 2.05) is 6.92 Å². The van der Waals surface area contributed by atoms with Crippen LogP contribution in [-0.2, 0) is 4.79 Å². The fraction of sp³-hybridized carbons (Fsp3) is 0.583. The van der Waals surface area contributed by atoms with Gasteiger partial charge in [0, 0.05) is 6.42 Å². The molecule has 0 heterocycles. The molecule has 1 nitrogen and oxygen atoms in total. The first-order valence-corrected chi connectivity index (χ1v) is 5.19. The molecule has 82 valence electrons. The highest BCUT2D eigenvalue weighted by molar-refractivity contribution is 5.98. The lowest BCUT2D eigenvalue weighted by molar-refractivity contribution is -0.140. The van der Waals surface area contributed by atoms with Crippen molar-refractivity contribution in [2.24, 2.45) is 11.8 Å². The molecule has 0 spiro atoms. The fourth-order valence-corrected chi connectivity index (χ4v) is 2.48. The summed E-state index contributed by atoms with van der Waals surface area (Å²) >= 11 is 0. The van der Waals surface area contributed by atoms with Gasteiger partial charge >= 0.3 is 0 Å². The van der Waals surface area contributed by atoms with Crippen molar-refractivity contribution in [1.82, 2.24) is 0 Å². The van der Waals surface area contributed by atoms with Crippen LogP contribution in [0.15, 0.2) is 23.3 Å². The van der Waals surface area contributed by atoms with Crippen LogP contribution < -0.4 is 0 Å². The molecule has 0 aliphatic heterocycles. The molecular formula is C12H14F2O. The molecule has 2 aliphatic rings. The summed E-state index contributed by atoms with van der Waals surface area (Å²) in [7, 11) is 0. The van der Waals surface area contributed by atoms with Gasteiger partial charge in [-0.3, -0.25) is 4.79 Å². The first-order valence-electron chi connectivity index (χ1n) is 5.19. The number of fused-ring (bicyclic) bond motifs is 1. The van der Waals surface area contributed by atoms with Crippen molar-refractivity contribution in [3.05, 3.63) is 23.3 Å². The lowest BCUT2D eigenvalue weighted by atomic mass is 9.68. The van der Waals surface area contributed by atoms with E-state index in [9.17, 15) is 13.6 Å². The van der Waals surface area contributed by atoms with Crippen molar-refractivity contribution in [1.29, 1.82) is 0 Å². The van der Waals surface area contributed by atoms with Gasteiger partial charge in [0.2, 0.25) is 0 Å². The Kier molecular flexibility index (Phi) is 2.28. The predicted octanol–water partition coefficient (Wildman–Crippen LogP) is 3.12. The molecule has 2 aliphatic carbocycles. The fourth-order valence-electron chi connectivity index (χ4n) is 2.48. The number of rotatable bonds is 0. The second-order valence-electron chi connectivity index (χ2n) is 4.48. The second kappa shape index (κ2) is 3.26. The number of carbonyl (C=O) groups is 1. The standard InChI is InChI=1S/C12H14F2O/c1-7-5-6-12(13,14)10-9(7)4-3-8(2)11(10)15/h3,5,9-10H,4,6H2,1-2H3/t9-,10-/m0/s1. The van der Waals surface area contributed by atoms with Gasteiger partial charge in [0.25, 0.3) is 5.92 Å². The van der Waals surface area contributed by atoms with Crippen LogP contribution in [0.5, 0.6) is 0 Å². The zero-order chi connectivity index (χ0) is 11.2. The summed E-state index contributed by atoms with van der Waals surface area (Å²) in [5.74, 6) is -4.64. The SMILES string of the molecule is CC1=CC[C@H]2C(C)=CCC(F)(F)[C@@H]2C1=O. The molecule has 0 N–H and O–H groups in total. The van der Waals surface area contributed by atoms with Gasteiger partial charge in [-0.15, -0.1) is 0 Å². The van der Waals surface area contributed by atoms with Crippen molar-refractivity contribution in [2.75, 3.05) is 0 Å². The van der Waals surface area contributed by atoms with E-state index in [0.29, 0.717) is 12.0 Å². The van der Waals surface area contributed by atoms with E-state index in [1.54, 1.807) is 19.1 Å². The molecule has 0 radical (unpaired) electrons. The summed E-state index contributed by atoms with van der Waals surface area (Å²) in [6.07, 6.45) is 3.63. The third-order valence-electron chi connectivity index (χ3n) is 3.49. The Morgan fingerprint density at radius 2 is 2.00 bits per heavy atom. The highest BCUT2D eigenvalue weighted by atomic mass is 19.3. The van der Waals surface area contributed by atoms with E-state index in [-0.39, 0.29) is 18.1 Å².